The first-order chi connectivity index (χ1) is 14.7. The van der Waals surface area contributed by atoms with E-state index >= 15 is 0 Å². The van der Waals surface area contributed by atoms with Crippen molar-refractivity contribution in [1.82, 2.24) is 10.1 Å². The lowest BCUT2D eigenvalue weighted by molar-refractivity contribution is 0.0652. The lowest BCUT2D eigenvalue weighted by Crippen LogP contribution is -2.02. The Balaban J connectivity index is 1.59. The number of benzene rings is 2. The number of carboxylic acid groups (broad SMARTS) is 1. The van der Waals surface area contributed by atoms with Crippen molar-refractivity contribution in [3.8, 4) is 22.9 Å². The number of rotatable bonds is 8. The highest BCUT2D eigenvalue weighted by atomic mass is 16.5. The molecule has 150 valence electrons. The van der Waals surface area contributed by atoms with Crippen LogP contribution in [0.3, 0.4) is 0 Å². The SMILES string of the molecule is O=C(O)c1cc(-c2cc(OCc3ccccc3)c(OCc3ccccc3)cn2)no1. The van der Waals surface area contributed by atoms with Gasteiger partial charge in [-0.2, -0.15) is 0 Å². The van der Waals surface area contributed by atoms with Crippen molar-refractivity contribution in [2.45, 2.75) is 13.2 Å². The van der Waals surface area contributed by atoms with E-state index in [1.54, 1.807) is 6.07 Å². The van der Waals surface area contributed by atoms with Gasteiger partial charge in [-0.3, -0.25) is 4.98 Å². The smallest absolute Gasteiger partial charge is 0.374 e. The van der Waals surface area contributed by atoms with E-state index in [0.29, 0.717) is 36.1 Å². The molecule has 30 heavy (non-hydrogen) atoms. The maximum Gasteiger partial charge on any atom is 0.374 e. The van der Waals surface area contributed by atoms with Crippen LogP contribution < -0.4 is 9.47 Å². The van der Waals surface area contributed by atoms with Crippen molar-refractivity contribution in [2.24, 2.45) is 0 Å². The van der Waals surface area contributed by atoms with Gasteiger partial charge in [0, 0.05) is 12.1 Å². The molecule has 0 atom stereocenters. The van der Waals surface area contributed by atoms with Gasteiger partial charge in [0.25, 0.3) is 0 Å². The number of hydrogen-bond acceptors (Lipinski definition) is 6. The molecule has 0 fully saturated rings. The highest BCUT2D eigenvalue weighted by Crippen LogP contribution is 2.32. The number of nitrogens with zero attached hydrogens (tertiary/aromatic N) is 2. The summed E-state index contributed by atoms with van der Waals surface area (Å²) < 4.78 is 16.7. The molecule has 7 heteroatoms. The number of ether oxygens (including phenoxy) is 2. The topological polar surface area (TPSA) is 94.7 Å². The van der Waals surface area contributed by atoms with Crippen LogP contribution >= 0.6 is 0 Å². The number of carbonyl (C=O) groups is 1. The second kappa shape index (κ2) is 8.91. The molecule has 0 aliphatic carbocycles. The summed E-state index contributed by atoms with van der Waals surface area (Å²) >= 11 is 0. The molecular formula is C23H18N2O5. The summed E-state index contributed by atoms with van der Waals surface area (Å²) in [5.41, 5.74) is 2.73. The second-order valence-electron chi connectivity index (χ2n) is 6.45. The Morgan fingerprint density at radius 1 is 0.833 bits per heavy atom. The Morgan fingerprint density at radius 3 is 2.00 bits per heavy atom. The monoisotopic (exact) mass is 402 g/mol. The van der Waals surface area contributed by atoms with E-state index in [4.69, 9.17) is 19.1 Å². The van der Waals surface area contributed by atoms with Crippen LogP contribution in [0.2, 0.25) is 0 Å². The zero-order valence-electron chi connectivity index (χ0n) is 15.9. The molecular weight excluding hydrogens is 384 g/mol. The van der Waals surface area contributed by atoms with Crippen LogP contribution in [-0.4, -0.2) is 21.2 Å². The lowest BCUT2D eigenvalue weighted by atomic mass is 10.2. The third-order valence-corrected chi connectivity index (χ3v) is 4.29. The highest BCUT2D eigenvalue weighted by Gasteiger charge is 2.16. The molecule has 2 aromatic heterocycles. The number of aromatic carboxylic acids is 1. The minimum Gasteiger partial charge on any atom is -0.485 e. The first-order valence-corrected chi connectivity index (χ1v) is 9.23. The van der Waals surface area contributed by atoms with Crippen molar-refractivity contribution in [2.75, 3.05) is 0 Å². The molecule has 0 saturated carbocycles. The predicted molar refractivity (Wildman–Crippen MR) is 108 cm³/mol. The lowest BCUT2D eigenvalue weighted by Gasteiger charge is -2.13. The average Bonchev–Trinajstić information content (AvgIpc) is 3.29. The van der Waals surface area contributed by atoms with Crippen LogP contribution in [0, 0.1) is 0 Å². The van der Waals surface area contributed by atoms with E-state index in [1.165, 1.54) is 12.3 Å². The first kappa shape index (κ1) is 19.2. The van der Waals surface area contributed by atoms with E-state index in [0.717, 1.165) is 11.1 Å². The molecule has 0 saturated heterocycles. The largest absolute Gasteiger partial charge is 0.485 e. The minimum atomic E-state index is -1.20. The summed E-state index contributed by atoms with van der Waals surface area (Å²) in [7, 11) is 0. The van der Waals surface area contributed by atoms with Crippen LogP contribution in [0.5, 0.6) is 11.5 Å². The molecule has 0 amide bonds. The van der Waals surface area contributed by atoms with E-state index in [9.17, 15) is 4.79 Å². The van der Waals surface area contributed by atoms with E-state index < -0.39 is 5.97 Å². The predicted octanol–water partition coefficient (Wildman–Crippen LogP) is 4.59. The number of carboxylic acids is 1. The summed E-state index contributed by atoms with van der Waals surface area (Å²) in [4.78, 5) is 15.4. The van der Waals surface area contributed by atoms with Gasteiger partial charge in [0.2, 0.25) is 5.76 Å². The van der Waals surface area contributed by atoms with Gasteiger partial charge in [0.1, 0.15) is 18.9 Å². The summed E-state index contributed by atoms with van der Waals surface area (Å²) in [6.45, 7) is 0.696. The van der Waals surface area contributed by atoms with Gasteiger partial charge in [-0.1, -0.05) is 65.8 Å². The standard InChI is InChI=1S/C23H18N2O5/c26-23(27)21-12-19(25-30-21)18-11-20(28-14-16-7-3-1-4-8-16)22(13-24-18)29-15-17-9-5-2-6-10-17/h1-13H,14-15H2,(H,26,27). The molecule has 0 aliphatic rings. The molecule has 4 aromatic rings. The summed E-state index contributed by atoms with van der Waals surface area (Å²) in [6, 6.07) is 22.5. The van der Waals surface area contributed by atoms with Crippen molar-refractivity contribution >= 4 is 5.97 Å². The van der Waals surface area contributed by atoms with Crippen molar-refractivity contribution in [3.63, 3.8) is 0 Å². The first-order valence-electron chi connectivity index (χ1n) is 9.23. The summed E-state index contributed by atoms with van der Waals surface area (Å²) in [5.74, 6) is -0.514. The molecule has 0 radical (unpaired) electrons. The molecule has 2 aromatic carbocycles. The normalized spacial score (nSPS) is 10.5. The molecule has 4 rings (SSSR count). The van der Waals surface area contributed by atoms with Gasteiger partial charge < -0.3 is 19.1 Å². The Kier molecular flexibility index (Phi) is 5.70. The van der Waals surface area contributed by atoms with Crippen LogP contribution in [0.1, 0.15) is 21.7 Å². The van der Waals surface area contributed by atoms with Crippen LogP contribution in [0.15, 0.2) is 83.5 Å². The van der Waals surface area contributed by atoms with Gasteiger partial charge >= 0.3 is 5.97 Å². The van der Waals surface area contributed by atoms with Crippen LogP contribution in [0.25, 0.3) is 11.4 Å². The second-order valence-corrected chi connectivity index (χ2v) is 6.45. The van der Waals surface area contributed by atoms with E-state index in [-0.39, 0.29) is 5.76 Å². The van der Waals surface area contributed by atoms with Crippen LogP contribution in [0.4, 0.5) is 0 Å². The van der Waals surface area contributed by atoms with E-state index in [2.05, 4.69) is 10.1 Å². The Bertz CT molecular complexity index is 1130. The zero-order valence-corrected chi connectivity index (χ0v) is 15.9. The van der Waals surface area contributed by atoms with Crippen molar-refractivity contribution in [1.29, 1.82) is 0 Å². The van der Waals surface area contributed by atoms with Crippen LogP contribution in [-0.2, 0) is 13.2 Å². The quantitative estimate of drug-likeness (QED) is 0.460. The van der Waals surface area contributed by atoms with Gasteiger partial charge in [-0.15, -0.1) is 0 Å². The third kappa shape index (κ3) is 4.64. The summed E-state index contributed by atoms with van der Waals surface area (Å²) in [5, 5.41) is 12.8. The highest BCUT2D eigenvalue weighted by molar-refractivity contribution is 5.85. The molecule has 2 heterocycles. The Hall–Kier alpha value is -4.13. The Labute approximate surface area is 172 Å². The third-order valence-electron chi connectivity index (χ3n) is 4.29. The van der Waals surface area contributed by atoms with E-state index in [1.807, 2.05) is 60.7 Å². The molecule has 7 nitrogen and oxygen atoms in total. The molecule has 0 aliphatic heterocycles. The van der Waals surface area contributed by atoms with Crippen molar-refractivity contribution in [3.05, 3.63) is 95.9 Å². The maximum atomic E-state index is 11.0. The fourth-order valence-electron chi connectivity index (χ4n) is 2.75. The zero-order chi connectivity index (χ0) is 20.8. The average molecular weight is 402 g/mol. The Morgan fingerprint density at radius 2 is 1.43 bits per heavy atom. The van der Waals surface area contributed by atoms with Gasteiger partial charge in [-0.05, 0) is 11.1 Å². The summed E-state index contributed by atoms with van der Waals surface area (Å²) in [6.07, 6.45) is 1.54. The fraction of sp³-hybridized carbons (Fsp3) is 0.0870. The molecule has 0 unspecified atom stereocenters. The molecule has 1 N–H and O–H groups in total. The number of aromatic nitrogens is 2. The number of hydrogen-bond donors (Lipinski definition) is 1. The van der Waals surface area contributed by atoms with Gasteiger partial charge in [0.05, 0.1) is 11.9 Å². The van der Waals surface area contributed by atoms with Gasteiger partial charge in [-0.25, -0.2) is 4.79 Å². The van der Waals surface area contributed by atoms with Crippen molar-refractivity contribution < 1.29 is 23.9 Å². The number of pyridine rings is 1. The molecule has 0 spiro atoms. The maximum absolute atomic E-state index is 11.0. The molecule has 0 bridgehead atoms. The van der Waals surface area contributed by atoms with Gasteiger partial charge in [0.15, 0.2) is 11.5 Å². The minimum absolute atomic E-state index is 0.261. The fourth-order valence-corrected chi connectivity index (χ4v) is 2.75.